The maximum absolute atomic E-state index is 12.0. The van der Waals surface area contributed by atoms with Gasteiger partial charge in [0.25, 0.3) is 0 Å². The number of hydrogen-bond donors (Lipinski definition) is 3. The molecule has 20 heavy (non-hydrogen) atoms. The Bertz CT molecular complexity index is 612. The smallest absolute Gasteiger partial charge is 0.233 e. The molecule has 0 unspecified atom stereocenters. The maximum Gasteiger partial charge on any atom is 0.233 e. The van der Waals surface area contributed by atoms with Crippen LogP contribution in [0.5, 0.6) is 0 Å². The highest BCUT2D eigenvalue weighted by atomic mass is 35.5. The summed E-state index contributed by atoms with van der Waals surface area (Å²) in [6, 6.07) is 0. The van der Waals surface area contributed by atoms with Gasteiger partial charge in [-0.25, -0.2) is 4.98 Å². The highest BCUT2D eigenvalue weighted by Gasteiger charge is 2.32. The van der Waals surface area contributed by atoms with Gasteiger partial charge in [0.15, 0.2) is 0 Å². The number of carbonyl (C=O) groups excluding carboxylic acids is 1. The predicted octanol–water partition coefficient (Wildman–Crippen LogP) is 0.744. The van der Waals surface area contributed by atoms with E-state index >= 15 is 0 Å². The number of hydrogen-bond acceptors (Lipinski definition) is 6. The molecule has 1 aromatic rings. The molecule has 0 spiro atoms. The predicted molar refractivity (Wildman–Crippen MR) is 78.1 cm³/mol. The molecule has 106 valence electrons. The van der Waals surface area contributed by atoms with E-state index in [0.717, 1.165) is 5.70 Å². The van der Waals surface area contributed by atoms with Crippen LogP contribution in [0.3, 0.4) is 0 Å². The number of nitrogens with zero attached hydrogens (tertiary/aromatic N) is 3. The van der Waals surface area contributed by atoms with Crippen molar-refractivity contribution in [3.8, 4) is 0 Å². The quantitative estimate of drug-likeness (QED) is 0.561. The van der Waals surface area contributed by atoms with Crippen molar-refractivity contribution in [1.82, 2.24) is 15.3 Å². The first kappa shape index (κ1) is 14.3. The molecule has 0 aromatic carbocycles. The lowest BCUT2D eigenvalue weighted by molar-refractivity contribution is -0.117. The molecule has 2 rings (SSSR count). The summed E-state index contributed by atoms with van der Waals surface area (Å²) >= 11 is 5.96. The first-order valence-electron chi connectivity index (χ1n) is 5.98. The van der Waals surface area contributed by atoms with E-state index < -0.39 is 0 Å². The third-order valence-electron chi connectivity index (χ3n) is 2.95. The van der Waals surface area contributed by atoms with Crippen molar-refractivity contribution >= 4 is 35.0 Å². The van der Waals surface area contributed by atoms with Crippen LogP contribution in [0.2, 0.25) is 5.15 Å². The lowest BCUT2D eigenvalue weighted by atomic mass is 10.3. The van der Waals surface area contributed by atoms with Gasteiger partial charge in [-0.1, -0.05) is 11.6 Å². The van der Waals surface area contributed by atoms with Crippen LogP contribution in [0.4, 0.5) is 11.8 Å². The van der Waals surface area contributed by atoms with Crippen LogP contribution in [0.25, 0.3) is 0 Å². The lowest BCUT2D eigenvalue weighted by Crippen LogP contribution is -2.32. The molecule has 0 saturated carbocycles. The van der Waals surface area contributed by atoms with E-state index in [1.165, 1.54) is 4.90 Å². The van der Waals surface area contributed by atoms with Gasteiger partial charge in [-0.3, -0.25) is 9.69 Å². The molecule has 0 radical (unpaired) electrons. The first-order valence-corrected chi connectivity index (χ1v) is 6.36. The standard InChI is InChI=1S/C12H15ClN6O/c1-6(16-2)3-7(14)5-19-9(20)4-8-10(13)17-12(15)18-11(8)19/h3,14,16H,4-5H2,1-2H3,(H2,15,17,18)/b6-3-,14-7?. The highest BCUT2D eigenvalue weighted by Crippen LogP contribution is 2.31. The molecule has 1 amide bonds. The zero-order valence-corrected chi connectivity index (χ0v) is 12.0. The summed E-state index contributed by atoms with van der Waals surface area (Å²) in [5.74, 6) is 0.247. The summed E-state index contributed by atoms with van der Waals surface area (Å²) < 4.78 is 0. The SMILES string of the molecule is CN/C(C)=C\C(=N)CN1C(=O)Cc2c(Cl)nc(N)nc21. The van der Waals surface area contributed by atoms with Crippen LogP contribution in [-0.4, -0.2) is 35.2 Å². The van der Waals surface area contributed by atoms with Gasteiger partial charge in [-0.05, 0) is 13.0 Å². The summed E-state index contributed by atoms with van der Waals surface area (Å²) in [6.45, 7) is 1.96. The molecule has 1 aromatic heterocycles. The lowest BCUT2D eigenvalue weighted by Gasteiger charge is -2.16. The number of carbonyl (C=O) groups is 1. The molecule has 0 bridgehead atoms. The van der Waals surface area contributed by atoms with E-state index in [9.17, 15) is 4.79 Å². The summed E-state index contributed by atoms with van der Waals surface area (Å²) in [5.41, 5.74) is 7.23. The van der Waals surface area contributed by atoms with Crippen molar-refractivity contribution in [1.29, 1.82) is 5.41 Å². The van der Waals surface area contributed by atoms with Crippen molar-refractivity contribution in [3.63, 3.8) is 0 Å². The Balaban J connectivity index is 2.28. The molecule has 7 nitrogen and oxygen atoms in total. The average molecular weight is 295 g/mol. The van der Waals surface area contributed by atoms with Crippen LogP contribution in [-0.2, 0) is 11.2 Å². The van der Waals surface area contributed by atoms with Gasteiger partial charge in [0, 0.05) is 18.3 Å². The minimum atomic E-state index is -0.165. The fourth-order valence-corrected chi connectivity index (χ4v) is 2.15. The molecule has 1 aliphatic heterocycles. The number of nitrogen functional groups attached to an aromatic ring is 1. The van der Waals surface area contributed by atoms with Crippen LogP contribution < -0.4 is 16.0 Å². The number of aromatic nitrogens is 2. The monoisotopic (exact) mass is 294 g/mol. The summed E-state index contributed by atoms with van der Waals surface area (Å²) in [4.78, 5) is 21.3. The van der Waals surface area contributed by atoms with Gasteiger partial charge < -0.3 is 16.5 Å². The number of nitrogens with two attached hydrogens (primary N) is 1. The van der Waals surface area contributed by atoms with E-state index in [0.29, 0.717) is 11.4 Å². The largest absolute Gasteiger partial charge is 0.392 e. The van der Waals surface area contributed by atoms with Crippen LogP contribution in [0, 0.1) is 5.41 Å². The number of amides is 1. The average Bonchev–Trinajstić information content (AvgIpc) is 2.67. The Morgan fingerprint density at radius 1 is 1.60 bits per heavy atom. The Hall–Kier alpha value is -2.15. The topological polar surface area (TPSA) is 108 Å². The van der Waals surface area contributed by atoms with Gasteiger partial charge >= 0.3 is 0 Å². The zero-order valence-electron chi connectivity index (χ0n) is 11.2. The number of fused-ring (bicyclic) bond motifs is 1. The first-order chi connectivity index (χ1) is 9.42. The van der Waals surface area contributed by atoms with Crippen molar-refractivity contribution < 1.29 is 4.79 Å². The van der Waals surface area contributed by atoms with Crippen molar-refractivity contribution in [2.45, 2.75) is 13.3 Å². The summed E-state index contributed by atoms with van der Waals surface area (Å²) in [6.07, 6.45) is 1.79. The molecule has 2 heterocycles. The molecular weight excluding hydrogens is 280 g/mol. The van der Waals surface area contributed by atoms with E-state index in [1.807, 2.05) is 6.92 Å². The van der Waals surface area contributed by atoms with E-state index in [-0.39, 0.29) is 35.7 Å². The number of halogens is 1. The van der Waals surface area contributed by atoms with E-state index in [1.54, 1.807) is 13.1 Å². The van der Waals surface area contributed by atoms with Crippen molar-refractivity contribution in [3.05, 3.63) is 22.5 Å². The van der Waals surface area contributed by atoms with Crippen LogP contribution in [0.1, 0.15) is 12.5 Å². The normalized spacial score (nSPS) is 14.4. The Morgan fingerprint density at radius 2 is 2.30 bits per heavy atom. The number of nitrogens with one attached hydrogen (secondary N) is 2. The fraction of sp³-hybridized carbons (Fsp3) is 0.333. The van der Waals surface area contributed by atoms with Gasteiger partial charge in [0.2, 0.25) is 11.9 Å². The maximum atomic E-state index is 12.0. The fourth-order valence-electron chi connectivity index (χ4n) is 1.91. The van der Waals surface area contributed by atoms with Gasteiger partial charge in [-0.15, -0.1) is 0 Å². The third-order valence-corrected chi connectivity index (χ3v) is 3.26. The second-order valence-corrected chi connectivity index (χ2v) is 4.79. The Morgan fingerprint density at radius 3 is 2.95 bits per heavy atom. The molecule has 0 aliphatic carbocycles. The Kier molecular flexibility index (Phi) is 3.89. The van der Waals surface area contributed by atoms with Crippen LogP contribution in [0.15, 0.2) is 11.8 Å². The summed E-state index contributed by atoms with van der Waals surface area (Å²) in [5, 5.41) is 11.0. The molecule has 0 atom stereocenters. The molecule has 0 saturated heterocycles. The summed E-state index contributed by atoms with van der Waals surface area (Å²) in [7, 11) is 1.77. The van der Waals surface area contributed by atoms with Gasteiger partial charge in [0.1, 0.15) is 11.0 Å². The van der Waals surface area contributed by atoms with Crippen molar-refractivity contribution in [2.75, 3.05) is 24.2 Å². The molecule has 0 fully saturated rings. The molecular formula is C12H15ClN6O. The highest BCUT2D eigenvalue weighted by molar-refractivity contribution is 6.31. The van der Waals surface area contributed by atoms with E-state index in [4.69, 9.17) is 22.7 Å². The number of allylic oxidation sites excluding steroid dienone is 1. The minimum absolute atomic E-state index is 0.0157. The molecule has 8 heteroatoms. The second-order valence-electron chi connectivity index (χ2n) is 4.43. The number of rotatable bonds is 4. The van der Waals surface area contributed by atoms with Gasteiger partial charge in [0.05, 0.1) is 18.7 Å². The third kappa shape index (κ3) is 2.72. The molecule has 4 N–H and O–H groups in total. The van der Waals surface area contributed by atoms with Crippen LogP contribution >= 0.6 is 11.6 Å². The molecule has 1 aliphatic rings. The minimum Gasteiger partial charge on any atom is -0.392 e. The zero-order chi connectivity index (χ0) is 14.9. The Labute approximate surface area is 121 Å². The number of anilines is 2. The van der Waals surface area contributed by atoms with E-state index in [2.05, 4.69) is 15.3 Å². The van der Waals surface area contributed by atoms with Gasteiger partial charge in [-0.2, -0.15) is 4.98 Å². The second kappa shape index (κ2) is 5.46. The van der Waals surface area contributed by atoms with Crippen molar-refractivity contribution in [2.24, 2.45) is 0 Å².